The number of sulfonamides is 1. The second kappa shape index (κ2) is 16.3. The minimum Gasteiger partial charge on any atom is -0.494 e. The first-order chi connectivity index (χ1) is 20.5. The fraction of sp³-hybridized carbons (Fsp3) is 0.394. The number of amides is 2. The van der Waals surface area contributed by atoms with E-state index in [2.05, 4.69) is 5.32 Å². The van der Waals surface area contributed by atoms with E-state index in [1.54, 1.807) is 35.2 Å². The molecule has 0 aromatic heterocycles. The predicted molar refractivity (Wildman–Crippen MR) is 173 cm³/mol. The van der Waals surface area contributed by atoms with Crippen molar-refractivity contribution < 1.29 is 22.7 Å². The number of hydrogen-bond donors (Lipinski definition) is 1. The van der Waals surface area contributed by atoms with Gasteiger partial charge in [0.15, 0.2) is 0 Å². The zero-order valence-electron chi connectivity index (χ0n) is 25.3. The van der Waals surface area contributed by atoms with Gasteiger partial charge in [-0.3, -0.25) is 13.9 Å². The molecule has 0 spiro atoms. The number of carbonyl (C=O) groups excluding carboxylic acids is 2. The lowest BCUT2D eigenvalue weighted by molar-refractivity contribution is -0.141. The monoisotopic (exact) mass is 627 g/mol. The van der Waals surface area contributed by atoms with Crippen molar-refractivity contribution in [1.82, 2.24) is 10.2 Å². The molecular formula is C33H42ClN3O5S. The molecular weight excluding hydrogens is 586 g/mol. The molecule has 0 aliphatic carbocycles. The summed E-state index contributed by atoms with van der Waals surface area (Å²) in [5.41, 5.74) is 2.13. The lowest BCUT2D eigenvalue weighted by Gasteiger charge is -2.33. The molecule has 0 aliphatic rings. The second-order valence-electron chi connectivity index (χ2n) is 10.5. The Bertz CT molecular complexity index is 1430. The molecule has 2 amide bonds. The highest BCUT2D eigenvalue weighted by molar-refractivity contribution is 7.92. The predicted octanol–water partition coefficient (Wildman–Crippen LogP) is 5.84. The van der Waals surface area contributed by atoms with Crippen LogP contribution in [0.5, 0.6) is 5.75 Å². The second-order valence-corrected chi connectivity index (χ2v) is 12.8. The lowest BCUT2D eigenvalue weighted by atomic mass is 10.0. The molecule has 2 atom stereocenters. The molecule has 8 nitrogen and oxygen atoms in total. The van der Waals surface area contributed by atoms with E-state index in [1.807, 2.05) is 69.3 Å². The number of halogens is 1. The maximum atomic E-state index is 14.0. The number of nitrogens with one attached hydrogen (secondary N) is 1. The molecule has 3 rings (SSSR count). The summed E-state index contributed by atoms with van der Waals surface area (Å²) in [6.07, 6.45) is 2.50. The average molecular weight is 628 g/mol. The largest absolute Gasteiger partial charge is 0.494 e. The Morgan fingerprint density at radius 3 is 2.21 bits per heavy atom. The van der Waals surface area contributed by atoms with Crippen molar-refractivity contribution in [3.05, 3.63) is 95.0 Å². The summed E-state index contributed by atoms with van der Waals surface area (Å²) in [4.78, 5) is 29.2. The van der Waals surface area contributed by atoms with Gasteiger partial charge in [-0.25, -0.2) is 8.42 Å². The van der Waals surface area contributed by atoms with Gasteiger partial charge in [0.05, 0.1) is 18.6 Å². The number of hydrogen-bond acceptors (Lipinski definition) is 5. The fourth-order valence-corrected chi connectivity index (χ4v) is 5.85. The summed E-state index contributed by atoms with van der Waals surface area (Å²) < 4.78 is 32.1. The van der Waals surface area contributed by atoms with Gasteiger partial charge in [-0.2, -0.15) is 0 Å². The van der Waals surface area contributed by atoms with Crippen LogP contribution in [-0.4, -0.2) is 56.6 Å². The molecule has 0 saturated carbocycles. The summed E-state index contributed by atoms with van der Waals surface area (Å²) in [5.74, 6) is 0.135. The van der Waals surface area contributed by atoms with Gasteiger partial charge < -0.3 is 15.0 Å². The summed E-state index contributed by atoms with van der Waals surface area (Å²) in [6.45, 7) is 6.53. The van der Waals surface area contributed by atoms with Crippen molar-refractivity contribution in [3.63, 3.8) is 0 Å². The van der Waals surface area contributed by atoms with Crippen LogP contribution in [0.4, 0.5) is 5.69 Å². The summed E-state index contributed by atoms with van der Waals surface area (Å²) in [7, 11) is -3.62. The third-order valence-corrected chi connectivity index (χ3v) is 8.72. The molecule has 0 saturated heterocycles. The highest BCUT2D eigenvalue weighted by atomic mass is 35.5. The number of benzene rings is 3. The highest BCUT2D eigenvalue weighted by Gasteiger charge is 2.31. The molecule has 43 heavy (non-hydrogen) atoms. The first-order valence-corrected chi connectivity index (χ1v) is 16.8. The van der Waals surface area contributed by atoms with Gasteiger partial charge in [0.2, 0.25) is 21.8 Å². The van der Waals surface area contributed by atoms with Crippen molar-refractivity contribution in [3.8, 4) is 5.75 Å². The zero-order valence-corrected chi connectivity index (χ0v) is 26.9. The van der Waals surface area contributed by atoms with Gasteiger partial charge in [-0.1, -0.05) is 67.1 Å². The van der Waals surface area contributed by atoms with Crippen LogP contribution in [0, 0.1) is 0 Å². The summed E-state index contributed by atoms with van der Waals surface area (Å²) in [5, 5.41) is 3.55. The first kappa shape index (κ1) is 33.9. The molecule has 0 radical (unpaired) electrons. The molecule has 0 fully saturated rings. The molecule has 1 N–H and O–H groups in total. The Morgan fingerprint density at radius 1 is 0.953 bits per heavy atom. The average Bonchev–Trinajstić information content (AvgIpc) is 2.98. The lowest BCUT2D eigenvalue weighted by Crippen LogP contribution is -2.52. The Labute approximate surface area is 261 Å². The van der Waals surface area contributed by atoms with Gasteiger partial charge in [-0.05, 0) is 68.1 Å². The number of ether oxygens (including phenoxy) is 1. The Morgan fingerprint density at radius 2 is 1.60 bits per heavy atom. The molecule has 0 aliphatic heterocycles. The van der Waals surface area contributed by atoms with E-state index in [4.69, 9.17) is 16.3 Å². The minimum absolute atomic E-state index is 0.0371. The smallest absolute Gasteiger partial charge is 0.243 e. The first-order valence-electron chi connectivity index (χ1n) is 14.6. The van der Waals surface area contributed by atoms with E-state index in [1.165, 1.54) is 4.31 Å². The summed E-state index contributed by atoms with van der Waals surface area (Å²) >= 11 is 6.50. The van der Waals surface area contributed by atoms with Crippen molar-refractivity contribution in [2.45, 2.75) is 65.1 Å². The Balaban J connectivity index is 1.88. The van der Waals surface area contributed by atoms with E-state index in [9.17, 15) is 18.0 Å². The van der Waals surface area contributed by atoms with Crippen LogP contribution in [0.3, 0.4) is 0 Å². The topological polar surface area (TPSA) is 96.0 Å². The molecule has 10 heteroatoms. The third-order valence-electron chi connectivity index (χ3n) is 7.16. The normalized spacial score (nSPS) is 12.7. The Hall–Kier alpha value is -3.56. The maximum absolute atomic E-state index is 14.0. The van der Waals surface area contributed by atoms with Crippen LogP contribution in [0.15, 0.2) is 78.9 Å². The fourth-order valence-electron chi connectivity index (χ4n) is 4.68. The molecule has 232 valence electrons. The van der Waals surface area contributed by atoms with Gasteiger partial charge in [0.1, 0.15) is 11.8 Å². The van der Waals surface area contributed by atoms with Crippen LogP contribution in [-0.2, 0) is 32.6 Å². The molecule has 0 unspecified atom stereocenters. The number of carbonyl (C=O) groups is 2. The highest BCUT2D eigenvalue weighted by Crippen LogP contribution is 2.24. The SMILES string of the molecule is CCOc1ccc(N(CCCC(=O)N(Cc2ccccc2Cl)[C@@H](Cc2ccccc2)C(=O)N[C@H](C)CC)S(C)(=O)=O)cc1. The molecule has 3 aromatic rings. The van der Waals surface area contributed by atoms with E-state index < -0.39 is 16.1 Å². The van der Waals surface area contributed by atoms with Crippen molar-refractivity contribution in [2.24, 2.45) is 0 Å². The zero-order chi connectivity index (χ0) is 31.4. The quantitative estimate of drug-likeness (QED) is 0.215. The van der Waals surface area contributed by atoms with Gasteiger partial charge in [-0.15, -0.1) is 0 Å². The van der Waals surface area contributed by atoms with E-state index in [0.29, 0.717) is 29.5 Å². The number of nitrogens with zero attached hydrogens (tertiary/aromatic N) is 2. The maximum Gasteiger partial charge on any atom is 0.243 e. The van der Waals surface area contributed by atoms with Gasteiger partial charge in [0.25, 0.3) is 0 Å². The van der Waals surface area contributed by atoms with Crippen molar-refractivity contribution in [1.29, 1.82) is 0 Å². The van der Waals surface area contributed by atoms with Crippen LogP contribution in [0.2, 0.25) is 5.02 Å². The van der Waals surface area contributed by atoms with Gasteiger partial charge in [0, 0.05) is 37.0 Å². The summed E-state index contributed by atoms with van der Waals surface area (Å²) in [6, 6.07) is 22.8. The molecule has 3 aromatic carbocycles. The number of anilines is 1. The van der Waals surface area contributed by atoms with Crippen LogP contribution in [0.1, 0.15) is 51.2 Å². The van der Waals surface area contributed by atoms with E-state index >= 15 is 0 Å². The van der Waals surface area contributed by atoms with Crippen LogP contribution < -0.4 is 14.4 Å². The molecule has 0 bridgehead atoms. The molecule has 0 heterocycles. The van der Waals surface area contributed by atoms with E-state index in [0.717, 1.165) is 23.8 Å². The van der Waals surface area contributed by atoms with Gasteiger partial charge >= 0.3 is 0 Å². The van der Waals surface area contributed by atoms with Crippen molar-refractivity contribution >= 4 is 39.1 Å². The van der Waals surface area contributed by atoms with Crippen LogP contribution in [0.25, 0.3) is 0 Å². The number of rotatable bonds is 16. The van der Waals surface area contributed by atoms with E-state index in [-0.39, 0.29) is 43.8 Å². The van der Waals surface area contributed by atoms with Crippen LogP contribution >= 0.6 is 11.6 Å². The Kier molecular flexibility index (Phi) is 12.9. The minimum atomic E-state index is -3.62. The van der Waals surface area contributed by atoms with Crippen molar-refractivity contribution in [2.75, 3.05) is 23.7 Å². The third kappa shape index (κ3) is 10.3. The standard InChI is InChI=1S/C33H42ClN3O5S/c1-5-25(3)35-33(39)31(23-26-13-8-7-9-14-26)36(24-27-15-10-11-16-30(27)34)32(38)17-12-22-37(43(4,40)41)28-18-20-29(21-19-28)42-6-2/h7-11,13-16,18-21,25,31H,5-6,12,17,22-24H2,1-4H3,(H,35,39)/t25-,31+/m1/s1.